The molecule has 2 unspecified atom stereocenters. The molecule has 3 heteroatoms. The lowest BCUT2D eigenvalue weighted by molar-refractivity contribution is 1.05. The molecule has 0 nitrogen and oxygen atoms in total. The van der Waals surface area contributed by atoms with Crippen LogP contribution in [0.25, 0.3) is 12.2 Å². The third kappa shape index (κ3) is 3.49. The number of fused-ring (bicyclic) bond motifs is 2. The van der Waals surface area contributed by atoms with E-state index in [2.05, 4.69) is 123 Å². The van der Waals surface area contributed by atoms with Gasteiger partial charge in [-0.1, -0.05) is 142 Å². The molecular formula is C32H26Cl2Si. The topological polar surface area (TPSA) is 0 Å². The number of benzene rings is 4. The Bertz CT molecular complexity index is 1360. The summed E-state index contributed by atoms with van der Waals surface area (Å²) in [5, 5.41) is 4.53. The molecule has 6 rings (SSSR count). The second kappa shape index (κ2) is 8.67. The van der Waals surface area contributed by atoms with Gasteiger partial charge in [-0.05, 0) is 48.3 Å². The Morgan fingerprint density at radius 1 is 0.514 bits per heavy atom. The van der Waals surface area contributed by atoms with Gasteiger partial charge < -0.3 is 0 Å². The first kappa shape index (κ1) is 22.6. The molecule has 0 fully saturated rings. The molecule has 0 saturated carbocycles. The molecule has 2 atom stereocenters. The normalized spacial score (nSPS) is 18.6. The molecule has 4 aromatic rings. The van der Waals surface area contributed by atoms with Gasteiger partial charge in [-0.15, -0.1) is 0 Å². The second-order valence-electron chi connectivity index (χ2n) is 9.78. The van der Waals surface area contributed by atoms with E-state index in [0.717, 1.165) is 10.1 Å². The zero-order chi connectivity index (χ0) is 24.2. The Morgan fingerprint density at radius 2 is 0.886 bits per heavy atom. The molecule has 2 aliphatic rings. The number of hydrogen-bond acceptors (Lipinski definition) is 0. The highest BCUT2D eigenvalue weighted by molar-refractivity contribution is 7.06. The number of halogens is 2. The van der Waals surface area contributed by atoms with E-state index >= 15 is 0 Å². The lowest BCUT2D eigenvalue weighted by atomic mass is 10.1. The first-order chi connectivity index (χ1) is 17.0. The minimum atomic E-state index is -2.76. The summed E-state index contributed by atoms with van der Waals surface area (Å²) < 4.78 is 0. The average Bonchev–Trinajstić information content (AvgIpc) is 3.38. The molecule has 0 heterocycles. The van der Waals surface area contributed by atoms with Crippen molar-refractivity contribution in [3.63, 3.8) is 0 Å². The van der Waals surface area contributed by atoms with Gasteiger partial charge in [0.15, 0.2) is 0 Å². The number of allylic oxidation sites excluding steroid dienone is 2. The number of hydrogen-bond donors (Lipinski definition) is 0. The standard InChI is InChI=1S/C32H26Cl2Si/c1-21-11-15-25(16-12-21)35(26-17-13-22(2)14-18-26,31-27-9-5-3-7-23(27)19-29(31)33)32-28-10-6-4-8-24(28)20-30(32)34/h3-20,31-32H,1-2H3. The van der Waals surface area contributed by atoms with Gasteiger partial charge in [0.05, 0.1) is 0 Å². The van der Waals surface area contributed by atoms with E-state index in [1.165, 1.54) is 43.8 Å². The summed E-state index contributed by atoms with van der Waals surface area (Å²) in [6.45, 7) is 4.29. The summed E-state index contributed by atoms with van der Waals surface area (Å²) in [4.78, 5) is 0. The highest BCUT2D eigenvalue weighted by Gasteiger charge is 2.56. The SMILES string of the molecule is Cc1ccc([Si](c2ccc(C)cc2)(C2C(Cl)=Cc3ccccc32)C2C(Cl)=Cc3ccccc32)cc1. The lowest BCUT2D eigenvalue weighted by Crippen LogP contribution is -2.66. The predicted octanol–water partition coefficient (Wildman–Crippen LogP) is 7.70. The smallest absolute Gasteiger partial charge is 0.0888 e. The van der Waals surface area contributed by atoms with E-state index in [4.69, 9.17) is 23.2 Å². The Balaban J connectivity index is 1.75. The Hall–Kier alpha value is -2.84. The van der Waals surface area contributed by atoms with Gasteiger partial charge >= 0.3 is 0 Å². The summed E-state index contributed by atoms with van der Waals surface area (Å²) in [7, 11) is -2.76. The average molecular weight is 510 g/mol. The van der Waals surface area contributed by atoms with E-state index in [1.54, 1.807) is 0 Å². The second-order valence-corrected chi connectivity index (χ2v) is 14.7. The van der Waals surface area contributed by atoms with E-state index in [1.807, 2.05) is 0 Å². The van der Waals surface area contributed by atoms with Crippen LogP contribution in [0.2, 0.25) is 0 Å². The van der Waals surface area contributed by atoms with Crippen LogP contribution in [0.1, 0.15) is 44.5 Å². The van der Waals surface area contributed by atoms with Crippen LogP contribution in [0, 0.1) is 13.8 Å². The van der Waals surface area contributed by atoms with E-state index < -0.39 is 8.07 Å². The molecule has 0 N–H and O–H groups in total. The van der Waals surface area contributed by atoms with Crippen molar-refractivity contribution < 1.29 is 0 Å². The molecule has 2 aliphatic carbocycles. The van der Waals surface area contributed by atoms with E-state index in [-0.39, 0.29) is 11.1 Å². The maximum atomic E-state index is 7.28. The van der Waals surface area contributed by atoms with Crippen LogP contribution in [0.15, 0.2) is 107 Å². The van der Waals surface area contributed by atoms with Crippen molar-refractivity contribution in [1.82, 2.24) is 0 Å². The van der Waals surface area contributed by atoms with Gasteiger partial charge in [0.2, 0.25) is 0 Å². The zero-order valence-corrected chi connectivity index (χ0v) is 22.3. The maximum Gasteiger partial charge on any atom is 0.142 e. The minimum absolute atomic E-state index is 0.0593. The molecule has 0 spiro atoms. The van der Waals surface area contributed by atoms with Crippen molar-refractivity contribution in [1.29, 1.82) is 0 Å². The van der Waals surface area contributed by atoms with Crippen molar-refractivity contribution >= 4 is 53.8 Å². The van der Waals surface area contributed by atoms with Crippen LogP contribution in [0.4, 0.5) is 0 Å². The van der Waals surface area contributed by atoms with E-state index in [0.29, 0.717) is 0 Å². The first-order valence-electron chi connectivity index (χ1n) is 12.1. The highest BCUT2D eigenvalue weighted by Crippen LogP contribution is 2.53. The van der Waals surface area contributed by atoms with Gasteiger partial charge in [0.1, 0.15) is 8.07 Å². The Kier molecular flexibility index (Phi) is 5.60. The molecule has 4 aromatic carbocycles. The molecular weight excluding hydrogens is 483 g/mol. The molecule has 0 radical (unpaired) electrons. The Labute approximate surface area is 218 Å². The number of rotatable bonds is 4. The third-order valence-corrected chi connectivity index (χ3v) is 14.4. The quantitative estimate of drug-likeness (QED) is 0.247. The highest BCUT2D eigenvalue weighted by atomic mass is 35.5. The minimum Gasteiger partial charge on any atom is -0.0888 e. The van der Waals surface area contributed by atoms with Gasteiger partial charge in [0, 0.05) is 21.1 Å². The maximum absolute atomic E-state index is 7.28. The summed E-state index contributed by atoms with van der Waals surface area (Å²) in [5.74, 6) is 0. The molecule has 0 saturated heterocycles. The van der Waals surface area contributed by atoms with Crippen molar-refractivity contribution in [3.8, 4) is 0 Å². The summed E-state index contributed by atoms with van der Waals surface area (Å²) in [6.07, 6.45) is 4.34. The van der Waals surface area contributed by atoms with Gasteiger partial charge in [-0.2, -0.15) is 0 Å². The van der Waals surface area contributed by atoms with Gasteiger partial charge in [0.25, 0.3) is 0 Å². The van der Waals surface area contributed by atoms with Crippen molar-refractivity contribution in [2.75, 3.05) is 0 Å². The van der Waals surface area contributed by atoms with Crippen LogP contribution in [0.3, 0.4) is 0 Å². The molecule has 172 valence electrons. The summed E-state index contributed by atoms with van der Waals surface area (Å²) in [6, 6.07) is 35.6. The number of aryl methyl sites for hydroxylation is 2. The fourth-order valence-electron chi connectivity index (χ4n) is 6.16. The molecule has 0 amide bonds. The lowest BCUT2D eigenvalue weighted by Gasteiger charge is -2.44. The van der Waals surface area contributed by atoms with Gasteiger partial charge in [-0.25, -0.2) is 0 Å². The van der Waals surface area contributed by atoms with E-state index in [9.17, 15) is 0 Å². The van der Waals surface area contributed by atoms with Crippen LogP contribution >= 0.6 is 23.2 Å². The van der Waals surface area contributed by atoms with Gasteiger partial charge in [-0.3, -0.25) is 0 Å². The molecule has 35 heavy (non-hydrogen) atoms. The van der Waals surface area contributed by atoms with Crippen LogP contribution in [-0.2, 0) is 0 Å². The van der Waals surface area contributed by atoms with Crippen molar-refractivity contribution in [2.24, 2.45) is 0 Å². The largest absolute Gasteiger partial charge is 0.142 e. The first-order valence-corrected chi connectivity index (χ1v) is 15.0. The molecule has 0 bridgehead atoms. The Morgan fingerprint density at radius 3 is 1.29 bits per heavy atom. The fraction of sp³-hybridized carbons (Fsp3) is 0.125. The van der Waals surface area contributed by atoms with Crippen molar-refractivity contribution in [2.45, 2.75) is 24.9 Å². The fourth-order valence-corrected chi connectivity index (χ4v) is 13.6. The van der Waals surface area contributed by atoms with Crippen LogP contribution in [-0.4, -0.2) is 8.07 Å². The third-order valence-electron chi connectivity index (χ3n) is 7.72. The zero-order valence-electron chi connectivity index (χ0n) is 19.8. The monoisotopic (exact) mass is 508 g/mol. The summed E-state index contributed by atoms with van der Waals surface area (Å²) >= 11 is 14.6. The van der Waals surface area contributed by atoms with Crippen molar-refractivity contribution in [3.05, 3.63) is 141 Å². The molecule has 0 aliphatic heterocycles. The summed E-state index contributed by atoms with van der Waals surface area (Å²) in [5.41, 5.74) is 7.66. The molecule has 0 aromatic heterocycles. The van der Waals surface area contributed by atoms with Crippen LogP contribution < -0.4 is 10.4 Å². The van der Waals surface area contributed by atoms with Crippen LogP contribution in [0.5, 0.6) is 0 Å². The predicted molar refractivity (Wildman–Crippen MR) is 153 cm³/mol.